The maximum atomic E-state index is 12.0. The summed E-state index contributed by atoms with van der Waals surface area (Å²) in [6.07, 6.45) is 1.28. The van der Waals surface area contributed by atoms with Crippen LogP contribution in [-0.2, 0) is 0 Å². The van der Waals surface area contributed by atoms with E-state index in [1.807, 2.05) is 14.0 Å². The number of piperidine rings is 1. The summed E-state index contributed by atoms with van der Waals surface area (Å²) < 4.78 is 0. The first-order chi connectivity index (χ1) is 11.0. The SMILES string of the molecule is CN=C(NCCNC(=O)c1scnc1C)N1CC(C)CC(C)C1.I. The highest BCUT2D eigenvalue weighted by molar-refractivity contribution is 14.0. The molecule has 0 spiro atoms. The molecule has 2 rings (SSSR count). The molecule has 6 nitrogen and oxygen atoms in total. The molecule has 1 aromatic heterocycles. The third kappa shape index (κ3) is 5.87. The molecule has 1 aromatic rings. The monoisotopic (exact) mass is 465 g/mol. The number of nitrogens with one attached hydrogen (secondary N) is 2. The Balaban J connectivity index is 0.00000288. The Morgan fingerprint density at radius 3 is 2.50 bits per heavy atom. The average molecular weight is 465 g/mol. The van der Waals surface area contributed by atoms with Crippen molar-refractivity contribution in [3.8, 4) is 0 Å². The molecule has 0 aliphatic carbocycles. The molecule has 0 bridgehead atoms. The lowest BCUT2D eigenvalue weighted by Crippen LogP contribution is -2.49. The average Bonchev–Trinajstić information content (AvgIpc) is 2.92. The van der Waals surface area contributed by atoms with Gasteiger partial charge >= 0.3 is 0 Å². The van der Waals surface area contributed by atoms with Crippen molar-refractivity contribution in [2.24, 2.45) is 16.8 Å². The second-order valence-electron chi connectivity index (χ2n) is 6.35. The molecule has 0 aromatic carbocycles. The number of thiazole rings is 1. The second-order valence-corrected chi connectivity index (χ2v) is 7.20. The van der Waals surface area contributed by atoms with Crippen molar-refractivity contribution in [2.45, 2.75) is 27.2 Å². The van der Waals surface area contributed by atoms with Gasteiger partial charge in [0.25, 0.3) is 5.91 Å². The molecule has 2 heterocycles. The van der Waals surface area contributed by atoms with Crippen LogP contribution in [0.2, 0.25) is 0 Å². The number of amides is 1. The van der Waals surface area contributed by atoms with Crippen LogP contribution < -0.4 is 10.6 Å². The normalized spacial score (nSPS) is 21.2. The van der Waals surface area contributed by atoms with Crippen molar-refractivity contribution < 1.29 is 4.79 Å². The van der Waals surface area contributed by atoms with E-state index in [0.717, 1.165) is 24.7 Å². The quantitative estimate of drug-likeness (QED) is 0.310. The van der Waals surface area contributed by atoms with Crippen molar-refractivity contribution in [3.63, 3.8) is 0 Å². The number of aromatic nitrogens is 1. The summed E-state index contributed by atoms with van der Waals surface area (Å²) in [5.41, 5.74) is 2.48. The number of hydrogen-bond acceptors (Lipinski definition) is 4. The molecule has 0 saturated carbocycles. The summed E-state index contributed by atoms with van der Waals surface area (Å²) in [5.74, 6) is 2.24. The lowest BCUT2D eigenvalue weighted by atomic mass is 9.92. The minimum atomic E-state index is -0.0537. The van der Waals surface area contributed by atoms with Crippen LogP contribution >= 0.6 is 35.3 Å². The molecule has 2 N–H and O–H groups in total. The lowest BCUT2D eigenvalue weighted by Gasteiger charge is -2.37. The maximum absolute atomic E-state index is 12.0. The number of aliphatic imine (C=N–C) groups is 1. The Bertz CT molecular complexity index is 552. The molecule has 2 atom stereocenters. The fraction of sp³-hybridized carbons (Fsp3) is 0.688. The number of rotatable bonds is 4. The predicted molar refractivity (Wildman–Crippen MR) is 110 cm³/mol. The number of nitrogens with zero attached hydrogens (tertiary/aromatic N) is 3. The Morgan fingerprint density at radius 2 is 1.96 bits per heavy atom. The van der Waals surface area contributed by atoms with Crippen LogP contribution in [0, 0.1) is 18.8 Å². The van der Waals surface area contributed by atoms with Crippen molar-refractivity contribution >= 4 is 47.2 Å². The van der Waals surface area contributed by atoms with Gasteiger partial charge in [0.15, 0.2) is 5.96 Å². The molecule has 2 unspecified atom stereocenters. The minimum absolute atomic E-state index is 0. The molecule has 1 aliphatic rings. The fourth-order valence-electron chi connectivity index (χ4n) is 3.12. The molecule has 1 saturated heterocycles. The first-order valence-electron chi connectivity index (χ1n) is 8.15. The molecule has 1 amide bonds. The van der Waals surface area contributed by atoms with Gasteiger partial charge in [-0.2, -0.15) is 0 Å². The minimum Gasteiger partial charge on any atom is -0.354 e. The lowest BCUT2D eigenvalue weighted by molar-refractivity contribution is 0.0957. The Kier molecular flexibility index (Phi) is 8.96. The van der Waals surface area contributed by atoms with E-state index in [4.69, 9.17) is 0 Å². The number of halogens is 1. The first kappa shape index (κ1) is 21.1. The first-order valence-corrected chi connectivity index (χ1v) is 9.03. The molecule has 1 fully saturated rings. The summed E-state index contributed by atoms with van der Waals surface area (Å²) in [6, 6.07) is 0. The number of carbonyl (C=O) groups is 1. The molecule has 0 radical (unpaired) electrons. The van der Waals surface area contributed by atoms with E-state index >= 15 is 0 Å². The Labute approximate surface area is 165 Å². The summed E-state index contributed by atoms with van der Waals surface area (Å²) in [5, 5.41) is 6.27. The summed E-state index contributed by atoms with van der Waals surface area (Å²) in [6.45, 7) is 9.72. The van der Waals surface area contributed by atoms with Gasteiger partial charge in [0.2, 0.25) is 0 Å². The third-order valence-electron chi connectivity index (χ3n) is 4.03. The standard InChI is InChI=1S/C16H27N5OS.HI/c1-11-7-12(2)9-21(8-11)16(17-4)19-6-5-18-15(22)14-13(3)20-10-23-14;/h10-12H,5-9H2,1-4H3,(H,17,19)(H,18,22);1H. The van der Waals surface area contributed by atoms with E-state index < -0.39 is 0 Å². The topological polar surface area (TPSA) is 69.6 Å². The van der Waals surface area contributed by atoms with Crippen molar-refractivity contribution in [3.05, 3.63) is 16.1 Å². The summed E-state index contributed by atoms with van der Waals surface area (Å²) >= 11 is 1.37. The van der Waals surface area contributed by atoms with Gasteiger partial charge in [0.1, 0.15) is 4.88 Å². The van der Waals surface area contributed by atoms with Crippen LogP contribution in [0.5, 0.6) is 0 Å². The highest BCUT2D eigenvalue weighted by Gasteiger charge is 2.23. The van der Waals surface area contributed by atoms with Crippen LogP contribution in [0.3, 0.4) is 0 Å². The van der Waals surface area contributed by atoms with Crippen LogP contribution in [0.25, 0.3) is 0 Å². The molecule has 24 heavy (non-hydrogen) atoms. The smallest absolute Gasteiger partial charge is 0.263 e. The molecular formula is C16H28IN5OS. The van der Waals surface area contributed by atoms with Crippen LogP contribution in [0.4, 0.5) is 0 Å². The van der Waals surface area contributed by atoms with Crippen LogP contribution in [-0.4, -0.2) is 55.0 Å². The van der Waals surface area contributed by atoms with Gasteiger partial charge in [0.05, 0.1) is 11.2 Å². The van der Waals surface area contributed by atoms with Gasteiger partial charge in [0, 0.05) is 33.2 Å². The van der Waals surface area contributed by atoms with E-state index in [2.05, 4.69) is 39.4 Å². The van der Waals surface area contributed by atoms with Crippen molar-refractivity contribution in [2.75, 3.05) is 33.2 Å². The highest BCUT2D eigenvalue weighted by atomic mass is 127. The molecular weight excluding hydrogens is 437 g/mol. The Morgan fingerprint density at radius 1 is 1.33 bits per heavy atom. The number of likely N-dealkylation sites (tertiary alicyclic amines) is 1. The number of hydrogen-bond donors (Lipinski definition) is 2. The number of aryl methyl sites for hydroxylation is 1. The predicted octanol–water partition coefficient (Wildman–Crippen LogP) is 2.35. The highest BCUT2D eigenvalue weighted by Crippen LogP contribution is 2.20. The Hall–Kier alpha value is -0.900. The summed E-state index contributed by atoms with van der Waals surface area (Å²) in [7, 11) is 1.81. The van der Waals surface area contributed by atoms with Crippen molar-refractivity contribution in [1.82, 2.24) is 20.5 Å². The van der Waals surface area contributed by atoms with E-state index in [-0.39, 0.29) is 29.9 Å². The van der Waals surface area contributed by atoms with Gasteiger partial charge in [-0.3, -0.25) is 9.79 Å². The second kappa shape index (κ2) is 10.2. The zero-order valence-corrected chi connectivity index (χ0v) is 18.0. The third-order valence-corrected chi connectivity index (χ3v) is 4.95. The molecule has 8 heteroatoms. The van der Waals surface area contributed by atoms with Gasteiger partial charge in [-0.15, -0.1) is 35.3 Å². The van der Waals surface area contributed by atoms with Gasteiger partial charge in [-0.05, 0) is 25.2 Å². The number of carbonyl (C=O) groups excluding carboxylic acids is 1. The van der Waals surface area contributed by atoms with Crippen molar-refractivity contribution in [1.29, 1.82) is 0 Å². The van der Waals surface area contributed by atoms with Crippen LogP contribution in [0.1, 0.15) is 35.6 Å². The van der Waals surface area contributed by atoms with Crippen LogP contribution in [0.15, 0.2) is 10.5 Å². The van der Waals surface area contributed by atoms with E-state index in [1.54, 1.807) is 5.51 Å². The van der Waals surface area contributed by atoms with Gasteiger partial charge in [-0.25, -0.2) is 4.98 Å². The summed E-state index contributed by atoms with van der Waals surface area (Å²) in [4.78, 5) is 23.5. The molecule has 1 aliphatic heterocycles. The fourth-order valence-corrected chi connectivity index (χ4v) is 3.84. The van der Waals surface area contributed by atoms with Gasteiger partial charge < -0.3 is 15.5 Å². The maximum Gasteiger partial charge on any atom is 0.263 e. The van der Waals surface area contributed by atoms with E-state index in [1.165, 1.54) is 17.8 Å². The zero-order valence-electron chi connectivity index (χ0n) is 14.8. The van der Waals surface area contributed by atoms with E-state index in [9.17, 15) is 4.79 Å². The molecule has 136 valence electrons. The largest absolute Gasteiger partial charge is 0.354 e. The van der Waals surface area contributed by atoms with E-state index in [0.29, 0.717) is 29.8 Å². The van der Waals surface area contributed by atoms with Gasteiger partial charge in [-0.1, -0.05) is 13.8 Å². The number of guanidine groups is 1. The zero-order chi connectivity index (χ0) is 16.8.